The molecule has 91 valence electrons. The lowest BCUT2D eigenvalue weighted by Crippen LogP contribution is -2.45. The van der Waals surface area contributed by atoms with Crippen LogP contribution in [0.25, 0.3) is 0 Å². The monoisotopic (exact) mass is 235 g/mol. The number of benzene rings is 1. The van der Waals surface area contributed by atoms with Crippen LogP contribution in [0.2, 0.25) is 0 Å². The summed E-state index contributed by atoms with van der Waals surface area (Å²) in [5.74, 6) is 10.1. The normalized spacial score (nSPS) is 40.3. The summed E-state index contributed by atoms with van der Waals surface area (Å²) in [5, 5.41) is 0. The van der Waals surface area contributed by atoms with Gasteiger partial charge in [0.25, 0.3) is 0 Å². The topological polar surface area (TPSA) is 0 Å². The van der Waals surface area contributed by atoms with Gasteiger partial charge in [0.2, 0.25) is 0 Å². The molecular formula is C18H19. The molecule has 0 heteroatoms. The van der Waals surface area contributed by atoms with E-state index in [0.717, 1.165) is 23.3 Å². The summed E-state index contributed by atoms with van der Waals surface area (Å²) >= 11 is 0. The quantitative estimate of drug-likeness (QED) is 0.595. The lowest BCUT2D eigenvalue weighted by molar-refractivity contribution is -0.0181. The zero-order chi connectivity index (χ0) is 12.0. The van der Waals surface area contributed by atoms with E-state index in [2.05, 4.69) is 30.0 Å². The number of rotatable bonds is 0. The molecule has 4 bridgehead atoms. The Kier molecular flexibility index (Phi) is 2.31. The molecule has 0 aromatic heterocycles. The predicted octanol–water partition coefficient (Wildman–Crippen LogP) is 4.05. The van der Waals surface area contributed by atoms with Crippen LogP contribution in [-0.2, 0) is 0 Å². The summed E-state index contributed by atoms with van der Waals surface area (Å²) < 4.78 is 0. The fraction of sp³-hybridized carbons (Fsp3) is 0.556. The van der Waals surface area contributed by atoms with Gasteiger partial charge in [0.05, 0.1) is 0 Å². The molecule has 0 nitrogen and oxygen atoms in total. The fourth-order valence-electron chi connectivity index (χ4n) is 4.94. The van der Waals surface area contributed by atoms with Crippen molar-refractivity contribution in [2.45, 2.75) is 38.5 Å². The number of hydrogen-bond acceptors (Lipinski definition) is 0. The van der Waals surface area contributed by atoms with Crippen LogP contribution < -0.4 is 0 Å². The molecule has 4 aliphatic carbocycles. The summed E-state index contributed by atoms with van der Waals surface area (Å²) in [6.07, 6.45) is 8.64. The lowest BCUT2D eigenvalue weighted by atomic mass is 9.50. The van der Waals surface area contributed by atoms with Gasteiger partial charge in [0, 0.05) is 11.0 Å². The average Bonchev–Trinajstić information content (AvgIpc) is 2.36. The van der Waals surface area contributed by atoms with Crippen LogP contribution >= 0.6 is 0 Å². The molecule has 18 heavy (non-hydrogen) atoms. The zero-order valence-electron chi connectivity index (χ0n) is 10.8. The van der Waals surface area contributed by atoms with Crippen LogP contribution in [0.5, 0.6) is 0 Å². The van der Waals surface area contributed by atoms with Gasteiger partial charge >= 0.3 is 0 Å². The van der Waals surface area contributed by atoms with Crippen LogP contribution in [0.1, 0.15) is 44.1 Å². The number of hydrogen-bond donors (Lipinski definition) is 0. The summed E-state index contributed by atoms with van der Waals surface area (Å²) in [7, 11) is 0. The average molecular weight is 235 g/mol. The molecule has 1 aromatic carbocycles. The van der Waals surface area contributed by atoms with Crippen molar-refractivity contribution in [3.05, 3.63) is 35.9 Å². The minimum absolute atomic E-state index is 0.383. The molecular weight excluding hydrogens is 216 g/mol. The Morgan fingerprint density at radius 1 is 0.944 bits per heavy atom. The molecule has 1 aromatic rings. The first-order chi connectivity index (χ1) is 8.81. The maximum atomic E-state index is 3.68. The highest BCUT2D eigenvalue weighted by atomic mass is 14.5. The standard InChI is InChI=1S/C18H19/c1-2-4-14(5-3-1)6-7-18-11-15-8-16(12-18)10-17(9-15)13-18/h2-5,15-17H,8-13H2. The van der Waals surface area contributed by atoms with E-state index < -0.39 is 0 Å². The smallest absolute Gasteiger partial charge is 0.0326 e. The van der Waals surface area contributed by atoms with Crippen molar-refractivity contribution in [1.29, 1.82) is 0 Å². The summed E-state index contributed by atoms with van der Waals surface area (Å²) in [5.41, 5.74) is 1.54. The van der Waals surface area contributed by atoms with E-state index in [0.29, 0.717) is 5.41 Å². The van der Waals surface area contributed by atoms with Crippen LogP contribution in [0, 0.1) is 41.1 Å². The first-order valence-electron chi connectivity index (χ1n) is 7.31. The summed E-state index contributed by atoms with van der Waals surface area (Å²) in [6, 6.07) is 11.1. The third kappa shape index (κ3) is 1.77. The molecule has 0 unspecified atom stereocenters. The van der Waals surface area contributed by atoms with E-state index in [1.54, 1.807) is 0 Å². The maximum Gasteiger partial charge on any atom is 0.0326 e. The molecule has 0 spiro atoms. The van der Waals surface area contributed by atoms with Crippen molar-refractivity contribution in [3.8, 4) is 11.8 Å². The van der Waals surface area contributed by atoms with Crippen molar-refractivity contribution in [2.24, 2.45) is 23.2 Å². The van der Waals surface area contributed by atoms with E-state index in [4.69, 9.17) is 0 Å². The molecule has 4 saturated carbocycles. The first kappa shape index (κ1) is 10.7. The SMILES string of the molecule is C(#CC12CC3CC(CC(C3)C1)C2)c1cc[c]cc1. The second kappa shape index (κ2) is 3.89. The van der Waals surface area contributed by atoms with Gasteiger partial charge in [-0.15, -0.1) is 0 Å². The first-order valence-corrected chi connectivity index (χ1v) is 7.31. The molecule has 4 fully saturated rings. The van der Waals surface area contributed by atoms with Crippen LogP contribution in [-0.4, -0.2) is 0 Å². The van der Waals surface area contributed by atoms with Crippen molar-refractivity contribution in [1.82, 2.24) is 0 Å². The highest BCUT2D eigenvalue weighted by Crippen LogP contribution is 2.59. The molecule has 0 aliphatic heterocycles. The van der Waals surface area contributed by atoms with E-state index >= 15 is 0 Å². The Bertz CT molecular complexity index is 465. The van der Waals surface area contributed by atoms with Crippen molar-refractivity contribution in [2.75, 3.05) is 0 Å². The van der Waals surface area contributed by atoms with Crippen molar-refractivity contribution in [3.63, 3.8) is 0 Å². The van der Waals surface area contributed by atoms with Gasteiger partial charge in [0.1, 0.15) is 0 Å². The molecule has 0 N–H and O–H groups in total. The molecule has 0 amide bonds. The Hall–Kier alpha value is -1.22. The highest BCUT2D eigenvalue weighted by Gasteiger charge is 2.50. The summed E-state index contributed by atoms with van der Waals surface area (Å²) in [4.78, 5) is 0. The third-order valence-electron chi connectivity index (χ3n) is 5.23. The van der Waals surface area contributed by atoms with Gasteiger partial charge in [-0.05, 0) is 74.5 Å². The molecule has 1 radical (unpaired) electrons. The maximum absolute atomic E-state index is 3.68. The van der Waals surface area contributed by atoms with Gasteiger partial charge in [-0.1, -0.05) is 24.0 Å². The van der Waals surface area contributed by atoms with Gasteiger partial charge in [0.15, 0.2) is 0 Å². The Balaban J connectivity index is 1.63. The van der Waals surface area contributed by atoms with Gasteiger partial charge in [-0.2, -0.15) is 0 Å². The van der Waals surface area contributed by atoms with Gasteiger partial charge in [-0.3, -0.25) is 0 Å². The second-order valence-corrected chi connectivity index (χ2v) is 6.74. The minimum Gasteiger partial charge on any atom is -0.0911 e. The highest BCUT2D eigenvalue weighted by molar-refractivity contribution is 5.36. The minimum atomic E-state index is 0.383. The third-order valence-corrected chi connectivity index (χ3v) is 5.23. The predicted molar refractivity (Wildman–Crippen MR) is 72.8 cm³/mol. The molecule has 4 aliphatic rings. The molecule has 5 rings (SSSR count). The van der Waals surface area contributed by atoms with Crippen molar-refractivity contribution >= 4 is 0 Å². The van der Waals surface area contributed by atoms with Crippen LogP contribution in [0.15, 0.2) is 24.3 Å². The largest absolute Gasteiger partial charge is 0.0911 e. The van der Waals surface area contributed by atoms with E-state index in [1.807, 2.05) is 12.1 Å². The second-order valence-electron chi connectivity index (χ2n) is 6.74. The summed E-state index contributed by atoms with van der Waals surface area (Å²) in [6.45, 7) is 0. The van der Waals surface area contributed by atoms with Gasteiger partial charge in [-0.25, -0.2) is 0 Å². The zero-order valence-corrected chi connectivity index (χ0v) is 10.8. The van der Waals surface area contributed by atoms with E-state index in [9.17, 15) is 0 Å². The Morgan fingerprint density at radius 3 is 2.06 bits per heavy atom. The fourth-order valence-corrected chi connectivity index (χ4v) is 4.94. The molecule has 0 heterocycles. The van der Waals surface area contributed by atoms with Gasteiger partial charge < -0.3 is 0 Å². The molecule has 0 saturated heterocycles. The Labute approximate surface area is 110 Å². The van der Waals surface area contributed by atoms with Crippen LogP contribution in [0.4, 0.5) is 0 Å². The van der Waals surface area contributed by atoms with E-state index in [1.165, 1.54) is 38.5 Å². The van der Waals surface area contributed by atoms with Crippen LogP contribution in [0.3, 0.4) is 0 Å². The lowest BCUT2D eigenvalue weighted by Gasteiger charge is -2.54. The Morgan fingerprint density at radius 2 is 1.50 bits per heavy atom. The molecule has 0 atom stereocenters. The van der Waals surface area contributed by atoms with Crippen molar-refractivity contribution < 1.29 is 0 Å². The van der Waals surface area contributed by atoms with E-state index in [-0.39, 0.29) is 0 Å².